The van der Waals surface area contributed by atoms with Crippen LogP contribution in [-0.2, 0) is 7.05 Å². The molecule has 18 heavy (non-hydrogen) atoms. The molecule has 0 saturated heterocycles. The Labute approximate surface area is 106 Å². The van der Waals surface area contributed by atoms with Crippen molar-refractivity contribution in [3.63, 3.8) is 0 Å². The van der Waals surface area contributed by atoms with Crippen LogP contribution in [0, 0.1) is 6.92 Å². The van der Waals surface area contributed by atoms with E-state index in [2.05, 4.69) is 0 Å². The maximum atomic E-state index is 11.9. The van der Waals surface area contributed by atoms with Crippen molar-refractivity contribution in [3.05, 3.63) is 35.5 Å². The van der Waals surface area contributed by atoms with Gasteiger partial charge in [0.15, 0.2) is 0 Å². The molecule has 1 aromatic heterocycles. The Kier molecular flexibility index (Phi) is 2.48. The van der Waals surface area contributed by atoms with Gasteiger partial charge in [0.05, 0.1) is 0 Å². The van der Waals surface area contributed by atoms with Gasteiger partial charge in [0, 0.05) is 23.6 Å². The van der Waals surface area contributed by atoms with Crippen LogP contribution in [0.3, 0.4) is 0 Å². The molecule has 0 spiro atoms. The van der Waals surface area contributed by atoms with E-state index in [0.717, 1.165) is 22.2 Å². The average Bonchev–Trinajstić information content (AvgIpc) is 2.64. The standard InChI is InChI=1S/C14H16N2O2/c1-7-10(11-13(17)12(15)14(11)18)8-5-3-4-6-9(8)16(7)2/h3-6,11-14H,15H2,1-2H3/q-2. The summed E-state index contributed by atoms with van der Waals surface area (Å²) in [5.74, 6) is -0.494. The average molecular weight is 244 g/mol. The zero-order valence-corrected chi connectivity index (χ0v) is 10.5. The Morgan fingerprint density at radius 2 is 1.78 bits per heavy atom. The maximum absolute atomic E-state index is 11.9. The number of hydrogen-bond acceptors (Lipinski definition) is 3. The summed E-state index contributed by atoms with van der Waals surface area (Å²) in [6.45, 7) is 1.96. The molecule has 1 aliphatic carbocycles. The van der Waals surface area contributed by atoms with Crippen molar-refractivity contribution in [2.75, 3.05) is 0 Å². The second-order valence-electron chi connectivity index (χ2n) is 5.11. The zero-order chi connectivity index (χ0) is 13.0. The van der Waals surface area contributed by atoms with Crippen molar-refractivity contribution in [1.82, 2.24) is 4.57 Å². The fourth-order valence-corrected chi connectivity index (χ4v) is 3.01. The molecule has 1 heterocycles. The van der Waals surface area contributed by atoms with Gasteiger partial charge in [-0.25, -0.2) is 0 Å². The molecule has 4 nitrogen and oxygen atoms in total. The van der Waals surface area contributed by atoms with Crippen LogP contribution in [0.1, 0.15) is 17.2 Å². The summed E-state index contributed by atoms with van der Waals surface area (Å²) >= 11 is 0. The van der Waals surface area contributed by atoms with Gasteiger partial charge in [-0.15, -0.1) is 12.2 Å². The van der Waals surface area contributed by atoms with Crippen LogP contribution in [0.5, 0.6) is 0 Å². The Morgan fingerprint density at radius 3 is 2.44 bits per heavy atom. The molecular formula is C14H16N2O2-2. The van der Waals surface area contributed by atoms with E-state index in [0.29, 0.717) is 0 Å². The monoisotopic (exact) mass is 244 g/mol. The van der Waals surface area contributed by atoms with Crippen molar-refractivity contribution >= 4 is 10.9 Å². The summed E-state index contributed by atoms with van der Waals surface area (Å²) in [4.78, 5) is 0. The lowest BCUT2D eigenvalue weighted by molar-refractivity contribution is -0.533. The van der Waals surface area contributed by atoms with Gasteiger partial charge >= 0.3 is 0 Å². The van der Waals surface area contributed by atoms with Gasteiger partial charge in [-0.2, -0.15) is 0 Å². The third-order valence-corrected chi connectivity index (χ3v) is 4.25. The van der Waals surface area contributed by atoms with Crippen molar-refractivity contribution in [3.8, 4) is 0 Å². The second kappa shape index (κ2) is 3.82. The van der Waals surface area contributed by atoms with E-state index in [1.807, 2.05) is 42.8 Å². The first-order chi connectivity index (χ1) is 8.54. The lowest BCUT2D eigenvalue weighted by atomic mass is 9.70. The SMILES string of the molecule is Cc1c(C2C([O-])C(N)C2[O-])c2ccccc2n1C. The van der Waals surface area contributed by atoms with Gasteiger partial charge in [-0.1, -0.05) is 18.2 Å². The molecule has 1 aliphatic rings. The highest BCUT2D eigenvalue weighted by molar-refractivity contribution is 5.86. The van der Waals surface area contributed by atoms with Crippen LogP contribution in [0.2, 0.25) is 0 Å². The number of benzene rings is 1. The van der Waals surface area contributed by atoms with Crippen molar-refractivity contribution < 1.29 is 10.2 Å². The highest BCUT2D eigenvalue weighted by Crippen LogP contribution is 2.40. The number of para-hydroxylation sites is 1. The maximum Gasteiger partial charge on any atom is 0.0482 e. The summed E-state index contributed by atoms with van der Waals surface area (Å²) < 4.78 is 2.04. The van der Waals surface area contributed by atoms with Crippen LogP contribution >= 0.6 is 0 Å². The van der Waals surface area contributed by atoms with Crippen LogP contribution in [0.4, 0.5) is 0 Å². The minimum absolute atomic E-state index is 0.494. The van der Waals surface area contributed by atoms with Crippen molar-refractivity contribution in [2.24, 2.45) is 12.8 Å². The Hall–Kier alpha value is -1.36. The highest BCUT2D eigenvalue weighted by Gasteiger charge is 2.37. The Morgan fingerprint density at radius 1 is 1.17 bits per heavy atom. The molecule has 4 heteroatoms. The van der Waals surface area contributed by atoms with E-state index in [-0.39, 0.29) is 0 Å². The zero-order valence-electron chi connectivity index (χ0n) is 10.5. The molecule has 2 atom stereocenters. The lowest BCUT2D eigenvalue weighted by Gasteiger charge is -2.59. The molecule has 0 radical (unpaired) electrons. The first kappa shape index (κ1) is 11.7. The summed E-state index contributed by atoms with van der Waals surface area (Å²) in [7, 11) is 1.96. The predicted octanol–water partition coefficient (Wildman–Crippen LogP) is -0.631. The molecule has 1 aromatic carbocycles. The number of hydrogen-bond donors (Lipinski definition) is 1. The molecule has 1 saturated carbocycles. The van der Waals surface area contributed by atoms with E-state index in [1.165, 1.54) is 0 Å². The quantitative estimate of drug-likeness (QED) is 0.725. The fourth-order valence-electron chi connectivity index (χ4n) is 3.01. The number of nitrogens with zero attached hydrogens (tertiary/aromatic N) is 1. The summed E-state index contributed by atoms with van der Waals surface area (Å²) in [5.41, 5.74) is 8.52. The molecule has 0 aliphatic heterocycles. The molecule has 2 unspecified atom stereocenters. The number of aryl methyl sites for hydroxylation is 1. The minimum Gasteiger partial charge on any atom is -0.850 e. The smallest absolute Gasteiger partial charge is 0.0482 e. The minimum atomic E-state index is -0.975. The molecule has 1 fully saturated rings. The molecule has 0 amide bonds. The van der Waals surface area contributed by atoms with Crippen LogP contribution in [0.15, 0.2) is 24.3 Å². The second-order valence-corrected chi connectivity index (χ2v) is 5.11. The fraction of sp³-hybridized carbons (Fsp3) is 0.429. The van der Waals surface area contributed by atoms with Crippen molar-refractivity contribution in [2.45, 2.75) is 31.1 Å². The topological polar surface area (TPSA) is 77.1 Å². The molecular weight excluding hydrogens is 228 g/mol. The van der Waals surface area contributed by atoms with E-state index in [9.17, 15) is 10.2 Å². The molecule has 96 valence electrons. The first-order valence-electron chi connectivity index (χ1n) is 6.15. The number of fused-ring (bicyclic) bond motifs is 1. The lowest BCUT2D eigenvalue weighted by Crippen LogP contribution is -2.72. The molecule has 2 aromatic rings. The Balaban J connectivity index is 2.21. The van der Waals surface area contributed by atoms with Crippen molar-refractivity contribution in [1.29, 1.82) is 0 Å². The van der Waals surface area contributed by atoms with Gasteiger partial charge in [-0.3, -0.25) is 0 Å². The summed E-state index contributed by atoms with van der Waals surface area (Å²) in [5, 5.41) is 24.9. The highest BCUT2D eigenvalue weighted by atomic mass is 16.3. The summed E-state index contributed by atoms with van der Waals surface area (Å²) in [6.07, 6.45) is -1.95. The van der Waals surface area contributed by atoms with Gasteiger partial charge in [0.1, 0.15) is 0 Å². The normalized spacial score (nSPS) is 31.6. The van der Waals surface area contributed by atoms with E-state index in [4.69, 9.17) is 5.73 Å². The van der Waals surface area contributed by atoms with Crippen LogP contribution in [-0.4, -0.2) is 22.8 Å². The molecule has 0 bridgehead atoms. The molecule has 2 N–H and O–H groups in total. The van der Waals surface area contributed by atoms with Crippen LogP contribution < -0.4 is 15.9 Å². The third kappa shape index (κ3) is 1.31. The number of aromatic nitrogens is 1. The summed E-state index contributed by atoms with van der Waals surface area (Å²) in [6, 6.07) is 7.11. The van der Waals surface area contributed by atoms with Crippen LogP contribution in [0.25, 0.3) is 10.9 Å². The third-order valence-electron chi connectivity index (χ3n) is 4.25. The first-order valence-corrected chi connectivity index (χ1v) is 6.15. The number of rotatable bonds is 1. The van der Waals surface area contributed by atoms with Gasteiger partial charge in [0.2, 0.25) is 0 Å². The Bertz CT molecular complexity index is 595. The van der Waals surface area contributed by atoms with Gasteiger partial charge in [-0.05, 0) is 30.5 Å². The van der Waals surface area contributed by atoms with E-state index < -0.39 is 24.2 Å². The predicted molar refractivity (Wildman–Crippen MR) is 65.9 cm³/mol. The molecule has 3 rings (SSSR count). The van der Waals surface area contributed by atoms with E-state index in [1.54, 1.807) is 0 Å². The largest absolute Gasteiger partial charge is 0.850 e. The van der Waals surface area contributed by atoms with Gasteiger partial charge in [0.25, 0.3) is 0 Å². The van der Waals surface area contributed by atoms with Gasteiger partial charge < -0.3 is 20.5 Å². The number of nitrogens with two attached hydrogens (primary N) is 1. The van der Waals surface area contributed by atoms with E-state index >= 15 is 0 Å².